The largest absolute Gasteiger partial charge is 0.385 e. The van der Waals surface area contributed by atoms with E-state index in [0.717, 1.165) is 12.6 Å². The van der Waals surface area contributed by atoms with Gasteiger partial charge in [0.15, 0.2) is 0 Å². The SMILES string of the molecule is CCC(CSC)N(C)CCCNc1ccccc1. The number of thioether (sulfide) groups is 1. The number of para-hydroxylation sites is 1. The highest BCUT2D eigenvalue weighted by Gasteiger charge is 2.10. The second kappa shape index (κ2) is 9.29. The molecule has 1 atom stereocenters. The summed E-state index contributed by atoms with van der Waals surface area (Å²) in [4.78, 5) is 2.49. The predicted octanol–water partition coefficient (Wildman–Crippen LogP) is 3.56. The van der Waals surface area contributed by atoms with Crippen molar-refractivity contribution in [2.45, 2.75) is 25.8 Å². The molecule has 2 nitrogen and oxygen atoms in total. The number of benzene rings is 1. The normalized spacial score (nSPS) is 12.7. The quantitative estimate of drug-likeness (QED) is 0.688. The summed E-state index contributed by atoms with van der Waals surface area (Å²) in [6.07, 6.45) is 4.62. The molecule has 0 aliphatic rings. The van der Waals surface area contributed by atoms with Crippen molar-refractivity contribution < 1.29 is 0 Å². The minimum Gasteiger partial charge on any atom is -0.385 e. The van der Waals surface area contributed by atoms with Gasteiger partial charge in [0.25, 0.3) is 0 Å². The Morgan fingerprint density at radius 3 is 2.61 bits per heavy atom. The topological polar surface area (TPSA) is 15.3 Å². The lowest BCUT2D eigenvalue weighted by molar-refractivity contribution is 0.255. The fourth-order valence-electron chi connectivity index (χ4n) is 2.05. The molecule has 0 bridgehead atoms. The summed E-state index contributed by atoms with van der Waals surface area (Å²) in [5.41, 5.74) is 1.22. The predicted molar refractivity (Wildman–Crippen MR) is 84.6 cm³/mol. The molecule has 0 saturated heterocycles. The summed E-state index contributed by atoms with van der Waals surface area (Å²) in [5, 5.41) is 3.46. The van der Waals surface area contributed by atoms with Gasteiger partial charge in [-0.15, -0.1) is 0 Å². The van der Waals surface area contributed by atoms with Crippen molar-refractivity contribution in [1.82, 2.24) is 4.90 Å². The Kier molecular flexibility index (Phi) is 7.94. The summed E-state index contributed by atoms with van der Waals surface area (Å²) >= 11 is 1.94. The van der Waals surface area contributed by atoms with E-state index in [1.54, 1.807) is 0 Å². The molecule has 0 spiro atoms. The van der Waals surface area contributed by atoms with E-state index in [9.17, 15) is 0 Å². The number of nitrogens with one attached hydrogen (secondary N) is 1. The third-order valence-corrected chi connectivity index (χ3v) is 3.96. The molecule has 0 heterocycles. The van der Waals surface area contributed by atoms with Crippen LogP contribution in [-0.2, 0) is 0 Å². The average Bonchev–Trinajstić information content (AvgIpc) is 2.42. The Bertz CT molecular complexity index is 303. The van der Waals surface area contributed by atoms with Crippen molar-refractivity contribution >= 4 is 17.4 Å². The van der Waals surface area contributed by atoms with Gasteiger partial charge in [-0.25, -0.2) is 0 Å². The summed E-state index contributed by atoms with van der Waals surface area (Å²) in [7, 11) is 2.24. The number of anilines is 1. The highest BCUT2D eigenvalue weighted by molar-refractivity contribution is 7.98. The number of hydrogen-bond donors (Lipinski definition) is 1. The zero-order chi connectivity index (χ0) is 13.2. The van der Waals surface area contributed by atoms with Gasteiger partial charge in [0, 0.05) is 24.0 Å². The maximum absolute atomic E-state index is 3.46. The number of nitrogens with zero attached hydrogens (tertiary/aromatic N) is 1. The second-order valence-corrected chi connectivity index (χ2v) is 5.56. The van der Waals surface area contributed by atoms with E-state index in [4.69, 9.17) is 0 Å². The first-order chi connectivity index (χ1) is 8.77. The molecule has 1 N–H and O–H groups in total. The summed E-state index contributed by atoms with van der Waals surface area (Å²) in [5.74, 6) is 1.24. The van der Waals surface area contributed by atoms with Crippen molar-refractivity contribution in [2.24, 2.45) is 0 Å². The van der Waals surface area contributed by atoms with E-state index < -0.39 is 0 Å². The maximum Gasteiger partial charge on any atom is 0.0340 e. The minimum absolute atomic E-state index is 0.719. The molecule has 0 fully saturated rings. The molecule has 1 aromatic rings. The molecule has 102 valence electrons. The lowest BCUT2D eigenvalue weighted by Gasteiger charge is -2.26. The van der Waals surface area contributed by atoms with Crippen LogP contribution >= 0.6 is 11.8 Å². The van der Waals surface area contributed by atoms with Crippen molar-refractivity contribution in [3.8, 4) is 0 Å². The second-order valence-electron chi connectivity index (χ2n) is 4.64. The average molecular weight is 266 g/mol. The Balaban J connectivity index is 2.17. The molecule has 3 heteroatoms. The van der Waals surface area contributed by atoms with E-state index in [1.165, 1.54) is 30.8 Å². The fourth-order valence-corrected chi connectivity index (χ4v) is 2.92. The summed E-state index contributed by atoms with van der Waals surface area (Å²) < 4.78 is 0. The van der Waals surface area contributed by atoms with E-state index in [1.807, 2.05) is 17.8 Å². The van der Waals surface area contributed by atoms with Gasteiger partial charge < -0.3 is 10.2 Å². The molecule has 0 radical (unpaired) electrons. The van der Waals surface area contributed by atoms with E-state index >= 15 is 0 Å². The lowest BCUT2D eigenvalue weighted by Crippen LogP contribution is -2.34. The molecule has 0 amide bonds. The first-order valence-corrected chi connectivity index (χ1v) is 8.15. The Morgan fingerprint density at radius 1 is 1.28 bits per heavy atom. The van der Waals surface area contributed by atoms with Crippen molar-refractivity contribution in [2.75, 3.05) is 37.5 Å². The first kappa shape index (κ1) is 15.4. The zero-order valence-electron chi connectivity index (χ0n) is 11.9. The van der Waals surface area contributed by atoms with Gasteiger partial charge >= 0.3 is 0 Å². The highest BCUT2D eigenvalue weighted by Crippen LogP contribution is 2.09. The van der Waals surface area contributed by atoms with Crippen LogP contribution in [0.4, 0.5) is 5.69 Å². The Labute approximate surface area is 116 Å². The smallest absolute Gasteiger partial charge is 0.0340 e. The van der Waals surface area contributed by atoms with Gasteiger partial charge in [-0.2, -0.15) is 11.8 Å². The van der Waals surface area contributed by atoms with Crippen LogP contribution in [0.25, 0.3) is 0 Å². The summed E-state index contributed by atoms with van der Waals surface area (Å²) in [6.45, 7) is 4.49. The van der Waals surface area contributed by atoms with Crippen molar-refractivity contribution in [3.05, 3.63) is 30.3 Å². The standard InChI is InChI=1S/C15H26N2S/c1-4-15(13-18-3)17(2)12-8-11-16-14-9-6-5-7-10-14/h5-7,9-10,15-16H,4,8,11-13H2,1-3H3. The number of rotatable bonds is 9. The van der Waals surface area contributed by atoms with Crippen LogP contribution in [0.2, 0.25) is 0 Å². The van der Waals surface area contributed by atoms with E-state index in [0.29, 0.717) is 0 Å². The lowest BCUT2D eigenvalue weighted by atomic mass is 10.2. The molecular weight excluding hydrogens is 240 g/mol. The van der Waals surface area contributed by atoms with Gasteiger partial charge in [0.2, 0.25) is 0 Å². The Hall–Kier alpha value is -0.670. The Morgan fingerprint density at radius 2 is 2.00 bits per heavy atom. The molecule has 1 aromatic carbocycles. The molecule has 0 aliphatic heterocycles. The summed E-state index contributed by atoms with van der Waals surface area (Å²) in [6, 6.07) is 11.1. The van der Waals surface area contributed by atoms with Gasteiger partial charge in [0.1, 0.15) is 0 Å². The van der Waals surface area contributed by atoms with Crippen LogP contribution in [-0.4, -0.2) is 43.1 Å². The monoisotopic (exact) mass is 266 g/mol. The third kappa shape index (κ3) is 5.78. The van der Waals surface area contributed by atoms with Gasteiger partial charge in [0.05, 0.1) is 0 Å². The van der Waals surface area contributed by atoms with Gasteiger partial charge in [-0.05, 0) is 44.8 Å². The minimum atomic E-state index is 0.719. The molecule has 0 aromatic heterocycles. The maximum atomic E-state index is 3.46. The zero-order valence-corrected chi connectivity index (χ0v) is 12.7. The molecule has 1 unspecified atom stereocenters. The van der Waals surface area contributed by atoms with Crippen LogP contribution < -0.4 is 5.32 Å². The van der Waals surface area contributed by atoms with Crippen molar-refractivity contribution in [1.29, 1.82) is 0 Å². The van der Waals surface area contributed by atoms with Crippen molar-refractivity contribution in [3.63, 3.8) is 0 Å². The van der Waals surface area contributed by atoms with E-state index in [2.05, 4.69) is 54.7 Å². The van der Waals surface area contributed by atoms with Crippen LogP contribution in [0.3, 0.4) is 0 Å². The van der Waals surface area contributed by atoms with Crippen LogP contribution in [0.5, 0.6) is 0 Å². The van der Waals surface area contributed by atoms with E-state index in [-0.39, 0.29) is 0 Å². The van der Waals surface area contributed by atoms with Crippen LogP contribution in [0, 0.1) is 0 Å². The van der Waals surface area contributed by atoms with Crippen LogP contribution in [0.1, 0.15) is 19.8 Å². The molecule has 0 saturated carbocycles. The van der Waals surface area contributed by atoms with Crippen LogP contribution in [0.15, 0.2) is 30.3 Å². The third-order valence-electron chi connectivity index (χ3n) is 3.24. The molecule has 18 heavy (non-hydrogen) atoms. The molecule has 0 aliphatic carbocycles. The number of hydrogen-bond acceptors (Lipinski definition) is 3. The molecular formula is C15H26N2S. The fraction of sp³-hybridized carbons (Fsp3) is 0.600. The van der Waals surface area contributed by atoms with Gasteiger partial charge in [-0.1, -0.05) is 25.1 Å². The molecule has 1 rings (SSSR count). The van der Waals surface area contributed by atoms with Gasteiger partial charge in [-0.3, -0.25) is 0 Å². The first-order valence-electron chi connectivity index (χ1n) is 6.76. The highest BCUT2D eigenvalue weighted by atomic mass is 32.2.